The first-order valence-corrected chi connectivity index (χ1v) is 7.40. The lowest BCUT2D eigenvalue weighted by atomic mass is 9.95. The van der Waals surface area contributed by atoms with Crippen molar-refractivity contribution < 1.29 is 9.53 Å². The van der Waals surface area contributed by atoms with Gasteiger partial charge in [-0.2, -0.15) is 0 Å². The SMILES string of the molecule is CC(C)[C@H]1SC(CCC2CCOCC2)=NC1=O. The second-order valence-corrected chi connectivity index (χ2v) is 6.44. The van der Waals surface area contributed by atoms with Gasteiger partial charge in [0.15, 0.2) is 0 Å². The third-order valence-corrected chi connectivity index (χ3v) is 5.02. The Morgan fingerprint density at radius 3 is 2.71 bits per heavy atom. The van der Waals surface area contributed by atoms with Crippen molar-refractivity contribution in [3.63, 3.8) is 0 Å². The zero-order valence-corrected chi connectivity index (χ0v) is 11.5. The van der Waals surface area contributed by atoms with Crippen molar-refractivity contribution >= 4 is 22.7 Å². The molecule has 4 heteroatoms. The molecule has 0 bridgehead atoms. The minimum Gasteiger partial charge on any atom is -0.381 e. The molecule has 0 saturated carbocycles. The first-order chi connectivity index (χ1) is 8.16. The van der Waals surface area contributed by atoms with Gasteiger partial charge in [0.2, 0.25) is 0 Å². The lowest BCUT2D eigenvalue weighted by Crippen LogP contribution is -2.17. The average Bonchev–Trinajstić information content (AvgIpc) is 2.69. The van der Waals surface area contributed by atoms with Crippen molar-refractivity contribution in [3.05, 3.63) is 0 Å². The van der Waals surface area contributed by atoms with Crippen LogP contribution in [0.2, 0.25) is 0 Å². The van der Waals surface area contributed by atoms with Crippen LogP contribution in [0.4, 0.5) is 0 Å². The van der Waals surface area contributed by atoms with Crippen molar-refractivity contribution in [3.8, 4) is 0 Å². The molecule has 1 amide bonds. The van der Waals surface area contributed by atoms with Gasteiger partial charge in [-0.15, -0.1) is 0 Å². The third kappa shape index (κ3) is 3.55. The molecule has 0 unspecified atom stereocenters. The minimum atomic E-state index is 0.0692. The molecule has 2 rings (SSSR count). The number of hydrogen-bond acceptors (Lipinski definition) is 3. The summed E-state index contributed by atoms with van der Waals surface area (Å²) in [7, 11) is 0. The summed E-state index contributed by atoms with van der Waals surface area (Å²) in [6, 6.07) is 0. The van der Waals surface area contributed by atoms with Crippen LogP contribution in [0.25, 0.3) is 0 Å². The Morgan fingerprint density at radius 1 is 1.41 bits per heavy atom. The highest BCUT2D eigenvalue weighted by atomic mass is 32.2. The molecule has 1 saturated heterocycles. The number of ether oxygens (including phenoxy) is 1. The fourth-order valence-corrected chi connectivity index (χ4v) is 3.41. The second-order valence-electron chi connectivity index (χ2n) is 5.22. The van der Waals surface area contributed by atoms with Crippen molar-refractivity contribution in [2.75, 3.05) is 13.2 Å². The Hall–Kier alpha value is -0.350. The average molecular weight is 255 g/mol. The molecule has 0 N–H and O–H groups in total. The largest absolute Gasteiger partial charge is 0.381 e. The Balaban J connectivity index is 1.76. The number of carbonyl (C=O) groups is 1. The second kappa shape index (κ2) is 6.01. The molecule has 1 atom stereocenters. The minimum absolute atomic E-state index is 0.0692. The van der Waals surface area contributed by atoms with Crippen LogP contribution in [0.1, 0.15) is 39.5 Å². The van der Waals surface area contributed by atoms with Crippen LogP contribution in [0.5, 0.6) is 0 Å². The van der Waals surface area contributed by atoms with Gasteiger partial charge >= 0.3 is 0 Å². The lowest BCUT2D eigenvalue weighted by molar-refractivity contribution is -0.117. The predicted molar refractivity (Wildman–Crippen MR) is 71.4 cm³/mol. The van der Waals surface area contributed by atoms with E-state index in [1.165, 1.54) is 12.8 Å². The van der Waals surface area contributed by atoms with Crippen LogP contribution >= 0.6 is 11.8 Å². The first-order valence-electron chi connectivity index (χ1n) is 6.52. The maximum atomic E-state index is 11.6. The summed E-state index contributed by atoms with van der Waals surface area (Å²) < 4.78 is 5.35. The molecule has 2 heterocycles. The zero-order chi connectivity index (χ0) is 12.3. The Bertz CT molecular complexity index is 309. The normalized spacial score (nSPS) is 26.6. The fraction of sp³-hybridized carbons (Fsp3) is 0.846. The molecule has 2 aliphatic rings. The van der Waals surface area contributed by atoms with Gasteiger partial charge in [0, 0.05) is 13.2 Å². The molecule has 0 radical (unpaired) electrons. The maximum absolute atomic E-state index is 11.6. The first kappa shape index (κ1) is 13.1. The van der Waals surface area contributed by atoms with Gasteiger partial charge in [-0.1, -0.05) is 25.6 Å². The number of thioether (sulfide) groups is 1. The van der Waals surface area contributed by atoms with E-state index in [0.717, 1.165) is 37.0 Å². The molecule has 17 heavy (non-hydrogen) atoms. The van der Waals surface area contributed by atoms with Crippen molar-refractivity contribution in [2.24, 2.45) is 16.8 Å². The Labute approximate surface area is 107 Å². The van der Waals surface area contributed by atoms with E-state index in [-0.39, 0.29) is 11.2 Å². The van der Waals surface area contributed by atoms with Gasteiger partial charge in [0.05, 0.1) is 10.3 Å². The molecule has 96 valence electrons. The lowest BCUT2D eigenvalue weighted by Gasteiger charge is -2.21. The molecular formula is C13H21NO2S. The summed E-state index contributed by atoms with van der Waals surface area (Å²) in [5.74, 6) is 1.23. The number of aliphatic imine (C=N–C) groups is 1. The molecular weight excluding hydrogens is 234 g/mol. The van der Waals surface area contributed by atoms with Crippen molar-refractivity contribution in [2.45, 2.75) is 44.8 Å². The zero-order valence-electron chi connectivity index (χ0n) is 10.6. The van der Waals surface area contributed by atoms with Gasteiger partial charge < -0.3 is 4.74 Å². The number of amides is 1. The Kier molecular flexibility index (Phi) is 4.62. The highest BCUT2D eigenvalue weighted by Gasteiger charge is 2.30. The van der Waals surface area contributed by atoms with E-state index in [1.54, 1.807) is 11.8 Å². The predicted octanol–water partition coefficient (Wildman–Crippen LogP) is 2.89. The molecule has 0 aromatic rings. The van der Waals surface area contributed by atoms with E-state index in [4.69, 9.17) is 4.74 Å². The quantitative estimate of drug-likeness (QED) is 0.775. The number of rotatable bonds is 4. The molecule has 3 nitrogen and oxygen atoms in total. The summed E-state index contributed by atoms with van der Waals surface area (Å²) in [4.78, 5) is 15.8. The highest BCUT2D eigenvalue weighted by Crippen LogP contribution is 2.31. The van der Waals surface area contributed by atoms with Crippen molar-refractivity contribution in [1.82, 2.24) is 0 Å². The van der Waals surface area contributed by atoms with Gasteiger partial charge in [-0.3, -0.25) is 4.79 Å². The van der Waals surface area contributed by atoms with Gasteiger partial charge in [0.1, 0.15) is 0 Å². The summed E-state index contributed by atoms with van der Waals surface area (Å²) in [6.07, 6.45) is 4.47. The maximum Gasteiger partial charge on any atom is 0.260 e. The van der Waals surface area contributed by atoms with Crippen LogP contribution in [-0.2, 0) is 9.53 Å². The summed E-state index contributed by atoms with van der Waals surface area (Å²) in [6.45, 7) is 5.98. The van der Waals surface area contributed by atoms with Crippen LogP contribution in [0.3, 0.4) is 0 Å². The molecule has 1 fully saturated rings. The van der Waals surface area contributed by atoms with Gasteiger partial charge in [-0.25, -0.2) is 4.99 Å². The summed E-state index contributed by atoms with van der Waals surface area (Å²) in [5.41, 5.74) is 0. The molecule has 2 aliphatic heterocycles. The number of hydrogen-bond donors (Lipinski definition) is 0. The number of nitrogens with zero attached hydrogens (tertiary/aromatic N) is 1. The van der Waals surface area contributed by atoms with Crippen LogP contribution in [0.15, 0.2) is 4.99 Å². The molecule has 0 aliphatic carbocycles. The van der Waals surface area contributed by atoms with E-state index in [1.807, 2.05) is 0 Å². The van der Waals surface area contributed by atoms with Crippen molar-refractivity contribution in [1.29, 1.82) is 0 Å². The fourth-order valence-electron chi connectivity index (χ4n) is 2.31. The Morgan fingerprint density at radius 2 is 2.12 bits per heavy atom. The monoisotopic (exact) mass is 255 g/mol. The highest BCUT2D eigenvalue weighted by molar-refractivity contribution is 8.15. The topological polar surface area (TPSA) is 38.7 Å². The van der Waals surface area contributed by atoms with E-state index in [2.05, 4.69) is 18.8 Å². The van der Waals surface area contributed by atoms with E-state index in [0.29, 0.717) is 5.92 Å². The van der Waals surface area contributed by atoms with Crippen LogP contribution in [0, 0.1) is 11.8 Å². The standard InChI is InChI=1S/C13H21NO2S/c1-9(2)12-13(15)14-11(17-12)4-3-10-5-7-16-8-6-10/h9-10,12H,3-8H2,1-2H3/t12-/m1/s1. The molecule has 0 aromatic carbocycles. The molecule has 0 spiro atoms. The summed E-state index contributed by atoms with van der Waals surface area (Å²) >= 11 is 1.68. The molecule has 0 aromatic heterocycles. The number of carbonyl (C=O) groups excluding carboxylic acids is 1. The van der Waals surface area contributed by atoms with E-state index >= 15 is 0 Å². The summed E-state index contributed by atoms with van der Waals surface area (Å²) in [5, 5.41) is 1.12. The van der Waals surface area contributed by atoms with Gasteiger partial charge in [-0.05, 0) is 37.5 Å². The van der Waals surface area contributed by atoms with Crippen LogP contribution in [-0.4, -0.2) is 29.4 Å². The van der Waals surface area contributed by atoms with E-state index in [9.17, 15) is 4.79 Å². The smallest absolute Gasteiger partial charge is 0.260 e. The third-order valence-electron chi connectivity index (χ3n) is 3.45. The van der Waals surface area contributed by atoms with E-state index < -0.39 is 0 Å². The van der Waals surface area contributed by atoms with Crippen LogP contribution < -0.4 is 0 Å². The van der Waals surface area contributed by atoms with Gasteiger partial charge in [0.25, 0.3) is 5.91 Å².